The van der Waals surface area contributed by atoms with Crippen molar-refractivity contribution < 1.29 is 4.74 Å². The number of nitrogens with one attached hydrogen (secondary N) is 1. The minimum atomic E-state index is -0.648. The zero-order valence-electron chi connectivity index (χ0n) is 8.32. The van der Waals surface area contributed by atoms with Gasteiger partial charge in [0.1, 0.15) is 11.6 Å². The van der Waals surface area contributed by atoms with Crippen molar-refractivity contribution >= 4 is 0 Å². The second kappa shape index (κ2) is 5.12. The number of aromatic amines is 1. The standard InChI is InChI=1S/C9H11N3O3/c1-15-4-2-3-12-6-7(5-10)8(13)11-9(12)14/h6H,2-4H2,1H3,(H,11,13,14). The van der Waals surface area contributed by atoms with E-state index in [2.05, 4.69) is 4.98 Å². The van der Waals surface area contributed by atoms with Gasteiger partial charge in [-0.15, -0.1) is 0 Å². The van der Waals surface area contributed by atoms with Crippen molar-refractivity contribution in [2.45, 2.75) is 13.0 Å². The lowest BCUT2D eigenvalue weighted by molar-refractivity contribution is 0.190. The summed E-state index contributed by atoms with van der Waals surface area (Å²) in [5, 5.41) is 8.60. The Bertz CT molecular complexity index is 481. The number of methoxy groups -OCH3 is 1. The first-order valence-electron chi connectivity index (χ1n) is 4.42. The quantitative estimate of drug-likeness (QED) is 0.673. The van der Waals surface area contributed by atoms with Crippen LogP contribution in [0.3, 0.4) is 0 Å². The molecule has 80 valence electrons. The van der Waals surface area contributed by atoms with Gasteiger partial charge in [0, 0.05) is 26.5 Å². The highest BCUT2D eigenvalue weighted by Crippen LogP contribution is 1.89. The fourth-order valence-electron chi connectivity index (χ4n) is 1.13. The number of hydrogen-bond acceptors (Lipinski definition) is 4. The molecule has 0 unspecified atom stereocenters. The summed E-state index contributed by atoms with van der Waals surface area (Å²) < 4.78 is 6.12. The van der Waals surface area contributed by atoms with Crippen molar-refractivity contribution in [3.8, 4) is 6.07 Å². The zero-order chi connectivity index (χ0) is 11.3. The Hall–Kier alpha value is -1.87. The van der Waals surface area contributed by atoms with E-state index in [1.54, 1.807) is 13.2 Å². The van der Waals surface area contributed by atoms with Crippen molar-refractivity contribution in [3.63, 3.8) is 0 Å². The predicted molar refractivity (Wildman–Crippen MR) is 52.5 cm³/mol. The first-order chi connectivity index (χ1) is 7.19. The molecular formula is C9H11N3O3. The van der Waals surface area contributed by atoms with Crippen LogP contribution in [0.25, 0.3) is 0 Å². The van der Waals surface area contributed by atoms with Crippen LogP contribution in [0.2, 0.25) is 0 Å². The van der Waals surface area contributed by atoms with E-state index in [-0.39, 0.29) is 5.56 Å². The van der Waals surface area contributed by atoms with Gasteiger partial charge in [0.25, 0.3) is 5.56 Å². The van der Waals surface area contributed by atoms with E-state index in [0.29, 0.717) is 19.6 Å². The maximum absolute atomic E-state index is 11.3. The second-order valence-electron chi connectivity index (χ2n) is 2.95. The van der Waals surface area contributed by atoms with Crippen molar-refractivity contribution in [3.05, 3.63) is 32.6 Å². The summed E-state index contributed by atoms with van der Waals surface area (Å²) in [4.78, 5) is 24.4. The fraction of sp³-hybridized carbons (Fsp3) is 0.444. The van der Waals surface area contributed by atoms with Gasteiger partial charge < -0.3 is 4.74 Å². The molecule has 1 heterocycles. The molecular weight excluding hydrogens is 198 g/mol. The molecule has 1 N–H and O–H groups in total. The molecule has 0 aliphatic carbocycles. The largest absolute Gasteiger partial charge is 0.385 e. The van der Waals surface area contributed by atoms with Gasteiger partial charge in [-0.2, -0.15) is 5.26 Å². The van der Waals surface area contributed by atoms with E-state index in [4.69, 9.17) is 10.00 Å². The summed E-state index contributed by atoms with van der Waals surface area (Å²) in [5.41, 5.74) is -1.22. The van der Waals surface area contributed by atoms with E-state index in [1.807, 2.05) is 0 Å². The average molecular weight is 209 g/mol. The van der Waals surface area contributed by atoms with E-state index >= 15 is 0 Å². The molecule has 0 aliphatic heterocycles. The first kappa shape index (κ1) is 11.2. The number of rotatable bonds is 4. The van der Waals surface area contributed by atoms with Crippen LogP contribution in [-0.2, 0) is 11.3 Å². The second-order valence-corrected chi connectivity index (χ2v) is 2.95. The Balaban J connectivity index is 2.94. The van der Waals surface area contributed by atoms with Gasteiger partial charge in [-0.3, -0.25) is 14.3 Å². The van der Waals surface area contributed by atoms with Gasteiger partial charge in [-0.05, 0) is 6.42 Å². The van der Waals surface area contributed by atoms with Crippen LogP contribution in [0.4, 0.5) is 0 Å². The molecule has 1 rings (SSSR count). The smallest absolute Gasteiger partial charge is 0.328 e. The maximum atomic E-state index is 11.3. The lowest BCUT2D eigenvalue weighted by Gasteiger charge is -2.03. The van der Waals surface area contributed by atoms with Gasteiger partial charge >= 0.3 is 5.69 Å². The third-order valence-corrected chi connectivity index (χ3v) is 1.88. The van der Waals surface area contributed by atoms with Crippen LogP contribution < -0.4 is 11.2 Å². The molecule has 1 aromatic heterocycles. The van der Waals surface area contributed by atoms with Crippen LogP contribution in [0.5, 0.6) is 0 Å². The van der Waals surface area contributed by atoms with Crippen LogP contribution in [0.1, 0.15) is 12.0 Å². The molecule has 15 heavy (non-hydrogen) atoms. The molecule has 1 aromatic rings. The normalized spacial score (nSPS) is 9.87. The maximum Gasteiger partial charge on any atom is 0.328 e. The van der Waals surface area contributed by atoms with Gasteiger partial charge in [-0.1, -0.05) is 0 Å². The van der Waals surface area contributed by atoms with Crippen LogP contribution in [0.15, 0.2) is 15.8 Å². The highest BCUT2D eigenvalue weighted by Gasteiger charge is 2.02. The average Bonchev–Trinajstić information content (AvgIpc) is 2.21. The Labute approximate surface area is 85.7 Å². The Morgan fingerprint density at radius 2 is 2.33 bits per heavy atom. The van der Waals surface area contributed by atoms with E-state index < -0.39 is 11.2 Å². The molecule has 0 radical (unpaired) electrons. The molecule has 0 amide bonds. The molecule has 0 aromatic carbocycles. The van der Waals surface area contributed by atoms with Gasteiger partial charge in [0.2, 0.25) is 0 Å². The molecule has 0 atom stereocenters. The Kier molecular flexibility index (Phi) is 3.83. The van der Waals surface area contributed by atoms with E-state index in [1.165, 1.54) is 10.8 Å². The first-order valence-corrected chi connectivity index (χ1v) is 4.42. The molecule has 6 nitrogen and oxygen atoms in total. The monoisotopic (exact) mass is 209 g/mol. The highest BCUT2D eigenvalue weighted by molar-refractivity contribution is 5.21. The van der Waals surface area contributed by atoms with Gasteiger partial charge in [-0.25, -0.2) is 4.79 Å². The molecule has 0 fully saturated rings. The fourth-order valence-corrected chi connectivity index (χ4v) is 1.13. The minimum Gasteiger partial charge on any atom is -0.385 e. The Morgan fingerprint density at radius 1 is 1.60 bits per heavy atom. The number of H-pyrrole nitrogens is 1. The third-order valence-electron chi connectivity index (χ3n) is 1.88. The Morgan fingerprint density at radius 3 is 2.93 bits per heavy atom. The van der Waals surface area contributed by atoms with Crippen molar-refractivity contribution in [2.24, 2.45) is 0 Å². The minimum absolute atomic E-state index is 0.0629. The lowest BCUT2D eigenvalue weighted by Crippen LogP contribution is -2.31. The van der Waals surface area contributed by atoms with Crippen LogP contribution >= 0.6 is 0 Å². The summed E-state index contributed by atoms with van der Waals surface area (Å²) in [6.45, 7) is 0.936. The number of hydrogen-bond donors (Lipinski definition) is 1. The van der Waals surface area contributed by atoms with E-state index in [0.717, 1.165) is 0 Å². The van der Waals surface area contributed by atoms with Crippen molar-refractivity contribution in [1.82, 2.24) is 9.55 Å². The number of ether oxygens (including phenoxy) is 1. The summed E-state index contributed by atoms with van der Waals surface area (Å²) in [7, 11) is 1.57. The topological polar surface area (TPSA) is 87.9 Å². The zero-order valence-corrected chi connectivity index (χ0v) is 8.32. The van der Waals surface area contributed by atoms with Gasteiger partial charge in [0.15, 0.2) is 0 Å². The predicted octanol–water partition coefficient (Wildman–Crippen LogP) is -0.555. The van der Waals surface area contributed by atoms with Crippen molar-refractivity contribution in [1.29, 1.82) is 5.26 Å². The molecule has 0 bridgehead atoms. The summed E-state index contributed by atoms with van der Waals surface area (Å²) in [6.07, 6.45) is 1.91. The number of nitrogens with zero attached hydrogens (tertiary/aromatic N) is 2. The molecule has 0 saturated carbocycles. The summed E-state index contributed by atoms with van der Waals surface area (Å²) in [6, 6.07) is 1.72. The van der Waals surface area contributed by atoms with Crippen LogP contribution in [0, 0.1) is 11.3 Å². The molecule has 0 saturated heterocycles. The third kappa shape index (κ3) is 2.79. The number of nitriles is 1. The molecule has 0 aliphatic rings. The SMILES string of the molecule is COCCCn1cc(C#N)c(=O)[nH]c1=O. The van der Waals surface area contributed by atoms with Crippen LogP contribution in [-0.4, -0.2) is 23.3 Å². The highest BCUT2D eigenvalue weighted by atomic mass is 16.5. The number of aryl methyl sites for hydroxylation is 1. The molecule has 0 spiro atoms. The number of aromatic nitrogens is 2. The lowest BCUT2D eigenvalue weighted by atomic mass is 10.3. The van der Waals surface area contributed by atoms with Gasteiger partial charge in [0.05, 0.1) is 0 Å². The van der Waals surface area contributed by atoms with E-state index in [9.17, 15) is 9.59 Å². The summed E-state index contributed by atoms with van der Waals surface area (Å²) in [5.74, 6) is 0. The summed E-state index contributed by atoms with van der Waals surface area (Å²) >= 11 is 0. The molecule has 6 heteroatoms. The van der Waals surface area contributed by atoms with Crippen molar-refractivity contribution in [2.75, 3.05) is 13.7 Å².